The molecule has 3 heterocycles. The number of benzene rings is 1. The molecule has 5 heteroatoms. The van der Waals surface area contributed by atoms with Gasteiger partial charge in [-0.2, -0.15) is 0 Å². The van der Waals surface area contributed by atoms with Gasteiger partial charge < -0.3 is 19.4 Å². The fourth-order valence-electron chi connectivity index (χ4n) is 4.07. The van der Waals surface area contributed by atoms with E-state index in [1.807, 2.05) is 6.92 Å². The van der Waals surface area contributed by atoms with Gasteiger partial charge in [0.2, 0.25) is 5.78 Å². The van der Waals surface area contributed by atoms with E-state index < -0.39 is 0 Å². The number of hydrogen-bond donors (Lipinski definition) is 2. The second-order valence-corrected chi connectivity index (χ2v) is 7.13. The Balaban J connectivity index is 1.48. The smallest absolute Gasteiger partial charge is 0.219 e. The number of carbonyl (C=O) groups excluding carboxylic acids is 1. The van der Waals surface area contributed by atoms with Crippen molar-refractivity contribution in [3.05, 3.63) is 35.0 Å². The molecule has 0 saturated carbocycles. The van der Waals surface area contributed by atoms with Crippen molar-refractivity contribution in [2.45, 2.75) is 32.5 Å². The molecule has 2 aliphatic rings. The third-order valence-corrected chi connectivity index (χ3v) is 5.36. The molecule has 2 saturated heterocycles. The number of carbonyl (C=O) groups is 1. The van der Waals surface area contributed by atoms with E-state index in [2.05, 4.69) is 30.1 Å². The number of hydrogen-bond acceptors (Lipinski definition) is 3. The van der Waals surface area contributed by atoms with Gasteiger partial charge in [-0.3, -0.25) is 4.79 Å². The highest BCUT2D eigenvalue weighted by Crippen LogP contribution is 2.27. The van der Waals surface area contributed by atoms with Crippen LogP contribution in [0.4, 0.5) is 0 Å². The number of piperidine rings is 1. The SMILES string of the molecule is Cc1ccc2c(C(=O)C[NH+]3CCC4(CC3)OCCO4)c(C)[nH]c2c1. The Morgan fingerprint density at radius 3 is 2.62 bits per heavy atom. The standard InChI is InChI=1S/C19H24N2O3/c1-13-3-4-15-16(11-13)20-14(2)18(15)17(22)12-21-7-5-19(6-8-21)23-9-10-24-19/h3-4,11,20H,5-10,12H2,1-2H3/p+1. The summed E-state index contributed by atoms with van der Waals surface area (Å²) in [5.41, 5.74) is 4.07. The number of ketones is 1. The van der Waals surface area contributed by atoms with Crippen LogP contribution in [0.3, 0.4) is 0 Å². The number of H-pyrrole nitrogens is 1. The number of aryl methyl sites for hydroxylation is 2. The highest BCUT2D eigenvalue weighted by Gasteiger charge is 2.42. The van der Waals surface area contributed by atoms with Crippen LogP contribution in [-0.4, -0.2) is 49.4 Å². The van der Waals surface area contributed by atoms with Crippen LogP contribution in [0.2, 0.25) is 0 Å². The van der Waals surface area contributed by atoms with Gasteiger partial charge in [-0.15, -0.1) is 0 Å². The molecule has 2 aliphatic heterocycles. The van der Waals surface area contributed by atoms with Gasteiger partial charge in [0.05, 0.1) is 44.7 Å². The van der Waals surface area contributed by atoms with Crippen LogP contribution in [0.15, 0.2) is 18.2 Å². The third kappa shape index (κ3) is 2.77. The molecular weight excluding hydrogens is 304 g/mol. The van der Waals surface area contributed by atoms with Gasteiger partial charge in [0.15, 0.2) is 5.79 Å². The lowest BCUT2D eigenvalue weighted by molar-refractivity contribution is -0.900. The largest absolute Gasteiger partial charge is 0.358 e. The van der Waals surface area contributed by atoms with Crippen LogP contribution in [0, 0.1) is 13.8 Å². The number of rotatable bonds is 3. The summed E-state index contributed by atoms with van der Waals surface area (Å²) in [5, 5.41) is 1.04. The molecule has 128 valence electrons. The zero-order valence-corrected chi connectivity index (χ0v) is 14.4. The minimum atomic E-state index is -0.360. The molecule has 5 nitrogen and oxygen atoms in total. The molecule has 1 aromatic heterocycles. The number of likely N-dealkylation sites (tertiary alicyclic amines) is 1. The molecule has 1 aromatic carbocycles. The van der Waals surface area contributed by atoms with Crippen molar-refractivity contribution in [2.24, 2.45) is 0 Å². The molecule has 0 bridgehead atoms. The van der Waals surface area contributed by atoms with Crippen LogP contribution < -0.4 is 4.90 Å². The molecule has 2 aromatic rings. The zero-order valence-electron chi connectivity index (χ0n) is 14.4. The second-order valence-electron chi connectivity index (χ2n) is 7.13. The van der Waals surface area contributed by atoms with Crippen molar-refractivity contribution in [1.82, 2.24) is 4.98 Å². The van der Waals surface area contributed by atoms with Gasteiger partial charge in [-0.25, -0.2) is 0 Å². The van der Waals surface area contributed by atoms with Gasteiger partial charge in [-0.1, -0.05) is 12.1 Å². The van der Waals surface area contributed by atoms with Gasteiger partial charge in [0.25, 0.3) is 0 Å². The van der Waals surface area contributed by atoms with E-state index >= 15 is 0 Å². The van der Waals surface area contributed by atoms with Crippen LogP contribution in [0.25, 0.3) is 10.9 Å². The Labute approximate surface area is 141 Å². The minimum absolute atomic E-state index is 0.224. The van der Waals surface area contributed by atoms with E-state index in [0.717, 1.165) is 48.1 Å². The summed E-state index contributed by atoms with van der Waals surface area (Å²) in [6, 6.07) is 6.23. The van der Waals surface area contributed by atoms with Crippen molar-refractivity contribution in [2.75, 3.05) is 32.8 Å². The number of fused-ring (bicyclic) bond motifs is 1. The topological polar surface area (TPSA) is 55.8 Å². The van der Waals surface area contributed by atoms with Crippen molar-refractivity contribution >= 4 is 16.7 Å². The number of ether oxygens (including phenoxy) is 2. The zero-order chi connectivity index (χ0) is 16.7. The highest BCUT2D eigenvalue weighted by atomic mass is 16.7. The lowest BCUT2D eigenvalue weighted by Gasteiger charge is -2.34. The van der Waals surface area contributed by atoms with E-state index in [0.29, 0.717) is 19.8 Å². The first-order valence-corrected chi connectivity index (χ1v) is 8.80. The average Bonchev–Trinajstić information content (AvgIpc) is 3.13. The number of aromatic amines is 1. The van der Waals surface area contributed by atoms with E-state index in [9.17, 15) is 4.79 Å². The molecule has 24 heavy (non-hydrogen) atoms. The molecule has 2 N–H and O–H groups in total. The Morgan fingerprint density at radius 1 is 1.21 bits per heavy atom. The lowest BCUT2D eigenvalue weighted by atomic mass is 10.0. The molecule has 0 amide bonds. The summed E-state index contributed by atoms with van der Waals surface area (Å²) in [5.74, 6) is -0.136. The number of quaternary nitrogens is 1. The fourth-order valence-corrected chi connectivity index (χ4v) is 4.07. The van der Waals surface area contributed by atoms with E-state index in [1.54, 1.807) is 0 Å². The maximum atomic E-state index is 12.9. The van der Waals surface area contributed by atoms with Gasteiger partial charge in [0.1, 0.15) is 6.54 Å². The summed E-state index contributed by atoms with van der Waals surface area (Å²) >= 11 is 0. The van der Waals surface area contributed by atoms with Gasteiger partial charge >= 0.3 is 0 Å². The monoisotopic (exact) mass is 329 g/mol. The fraction of sp³-hybridized carbons (Fsp3) is 0.526. The van der Waals surface area contributed by atoms with E-state index in [1.165, 1.54) is 10.5 Å². The maximum absolute atomic E-state index is 12.9. The molecule has 2 fully saturated rings. The Hall–Kier alpha value is -1.69. The Bertz CT molecular complexity index is 764. The normalized spacial score (nSPS) is 20.9. The summed E-state index contributed by atoms with van der Waals surface area (Å²) in [6.45, 7) is 7.84. The number of Topliss-reactive ketones (excluding diaryl/α,β-unsaturated/α-hetero) is 1. The van der Waals surface area contributed by atoms with Crippen molar-refractivity contribution in [3.8, 4) is 0 Å². The van der Waals surface area contributed by atoms with Gasteiger partial charge in [0, 0.05) is 16.6 Å². The van der Waals surface area contributed by atoms with Crippen molar-refractivity contribution < 1.29 is 19.2 Å². The highest BCUT2D eigenvalue weighted by molar-refractivity contribution is 6.09. The predicted octanol–water partition coefficient (Wildman–Crippen LogP) is 1.39. The quantitative estimate of drug-likeness (QED) is 0.837. The molecule has 1 spiro atoms. The number of nitrogens with one attached hydrogen (secondary N) is 2. The summed E-state index contributed by atoms with van der Waals surface area (Å²) in [7, 11) is 0. The molecule has 4 rings (SSSR count). The lowest BCUT2D eigenvalue weighted by Crippen LogP contribution is -3.14. The third-order valence-electron chi connectivity index (χ3n) is 5.36. The first-order chi connectivity index (χ1) is 11.6. The Morgan fingerprint density at radius 2 is 1.92 bits per heavy atom. The minimum Gasteiger partial charge on any atom is -0.358 e. The first-order valence-electron chi connectivity index (χ1n) is 8.80. The summed E-state index contributed by atoms with van der Waals surface area (Å²) < 4.78 is 11.5. The molecule has 0 atom stereocenters. The summed E-state index contributed by atoms with van der Waals surface area (Å²) in [6.07, 6.45) is 1.75. The average molecular weight is 329 g/mol. The van der Waals surface area contributed by atoms with Gasteiger partial charge in [-0.05, 0) is 25.5 Å². The van der Waals surface area contributed by atoms with Crippen LogP contribution in [0.1, 0.15) is 34.5 Å². The van der Waals surface area contributed by atoms with E-state index in [4.69, 9.17) is 9.47 Å². The maximum Gasteiger partial charge on any atom is 0.219 e. The second kappa shape index (κ2) is 5.99. The first kappa shape index (κ1) is 15.8. The van der Waals surface area contributed by atoms with Crippen molar-refractivity contribution in [1.29, 1.82) is 0 Å². The van der Waals surface area contributed by atoms with Crippen molar-refractivity contribution in [3.63, 3.8) is 0 Å². The van der Waals surface area contributed by atoms with Crippen LogP contribution in [-0.2, 0) is 9.47 Å². The van der Waals surface area contributed by atoms with Crippen LogP contribution in [0.5, 0.6) is 0 Å². The number of aromatic nitrogens is 1. The molecule has 0 radical (unpaired) electrons. The molecule has 0 unspecified atom stereocenters. The predicted molar refractivity (Wildman–Crippen MR) is 91.5 cm³/mol. The molecule has 0 aliphatic carbocycles. The summed E-state index contributed by atoms with van der Waals surface area (Å²) in [4.78, 5) is 17.6. The van der Waals surface area contributed by atoms with E-state index in [-0.39, 0.29) is 11.6 Å². The molecular formula is C19H25N2O3+. The van der Waals surface area contributed by atoms with Crippen LogP contribution >= 0.6 is 0 Å². The Kier molecular flexibility index (Phi) is 3.95.